The van der Waals surface area contributed by atoms with Gasteiger partial charge >= 0.3 is 5.97 Å². The minimum Gasteiger partial charge on any atom is -0.497 e. The maximum absolute atomic E-state index is 12.5. The smallest absolute Gasteiger partial charge is 0.317 e. The van der Waals surface area contributed by atoms with Gasteiger partial charge in [-0.25, -0.2) is 0 Å². The predicted molar refractivity (Wildman–Crippen MR) is 90.0 cm³/mol. The van der Waals surface area contributed by atoms with Crippen molar-refractivity contribution in [1.29, 1.82) is 0 Å². The van der Waals surface area contributed by atoms with Gasteiger partial charge < -0.3 is 9.47 Å². The number of methoxy groups -OCH3 is 1. The van der Waals surface area contributed by atoms with Gasteiger partial charge in [0.15, 0.2) is 0 Å². The molecule has 0 aliphatic carbocycles. The van der Waals surface area contributed by atoms with Gasteiger partial charge in [-0.1, -0.05) is 42.5 Å². The molecule has 1 aliphatic heterocycles. The third-order valence-corrected chi connectivity index (χ3v) is 4.36. The Labute approximate surface area is 136 Å². The molecule has 3 rings (SSSR count). The van der Waals surface area contributed by atoms with Gasteiger partial charge in [-0.2, -0.15) is 0 Å². The monoisotopic (exact) mass is 308 g/mol. The normalized spacial score (nSPS) is 19.7. The third-order valence-electron chi connectivity index (χ3n) is 4.36. The highest BCUT2D eigenvalue weighted by atomic mass is 16.5. The summed E-state index contributed by atoms with van der Waals surface area (Å²) in [5, 5.41) is 0. The van der Waals surface area contributed by atoms with Crippen LogP contribution in [0.3, 0.4) is 0 Å². The SMILES string of the molecule is COc1ccc(C2C=C(c3ccccc3)OC(=O)C2(C)C)cc1. The summed E-state index contributed by atoms with van der Waals surface area (Å²) in [6.45, 7) is 3.84. The molecule has 1 heterocycles. The van der Waals surface area contributed by atoms with Crippen molar-refractivity contribution < 1.29 is 14.3 Å². The minimum absolute atomic E-state index is 0.0511. The van der Waals surface area contributed by atoms with Gasteiger partial charge in [-0.05, 0) is 37.6 Å². The molecule has 1 atom stereocenters. The van der Waals surface area contributed by atoms with Crippen LogP contribution in [0.25, 0.3) is 5.76 Å². The molecule has 2 aromatic carbocycles. The van der Waals surface area contributed by atoms with Gasteiger partial charge in [0.05, 0.1) is 12.5 Å². The lowest BCUT2D eigenvalue weighted by molar-refractivity contribution is -0.148. The number of carbonyl (C=O) groups excluding carboxylic acids is 1. The number of benzene rings is 2. The van der Waals surface area contributed by atoms with Crippen LogP contribution in [0, 0.1) is 5.41 Å². The molecular formula is C20H20O3. The first-order valence-corrected chi connectivity index (χ1v) is 7.66. The predicted octanol–water partition coefficient (Wildman–Crippen LogP) is 4.40. The van der Waals surface area contributed by atoms with Gasteiger partial charge in [0, 0.05) is 11.5 Å². The Kier molecular flexibility index (Phi) is 3.95. The van der Waals surface area contributed by atoms with E-state index < -0.39 is 5.41 Å². The van der Waals surface area contributed by atoms with Crippen LogP contribution in [0.15, 0.2) is 60.7 Å². The van der Waals surface area contributed by atoms with Crippen molar-refractivity contribution in [1.82, 2.24) is 0 Å². The zero-order chi connectivity index (χ0) is 16.4. The maximum atomic E-state index is 12.5. The molecule has 0 spiro atoms. The largest absolute Gasteiger partial charge is 0.497 e. The Bertz CT molecular complexity index is 727. The van der Waals surface area contributed by atoms with Crippen molar-refractivity contribution >= 4 is 11.7 Å². The van der Waals surface area contributed by atoms with E-state index in [1.165, 1.54) is 0 Å². The molecule has 0 fully saturated rings. The molecule has 1 aliphatic rings. The Morgan fingerprint density at radius 1 is 1.00 bits per heavy atom. The third kappa shape index (κ3) is 2.87. The average molecular weight is 308 g/mol. The van der Waals surface area contributed by atoms with Crippen molar-refractivity contribution in [2.75, 3.05) is 7.11 Å². The first kappa shape index (κ1) is 15.3. The first-order valence-electron chi connectivity index (χ1n) is 7.66. The molecule has 0 bridgehead atoms. The molecule has 1 unspecified atom stereocenters. The summed E-state index contributed by atoms with van der Waals surface area (Å²) in [7, 11) is 1.64. The summed E-state index contributed by atoms with van der Waals surface area (Å²) in [4.78, 5) is 12.5. The summed E-state index contributed by atoms with van der Waals surface area (Å²) in [6.07, 6.45) is 2.04. The number of hydrogen-bond acceptors (Lipinski definition) is 3. The van der Waals surface area contributed by atoms with Gasteiger partial charge in [0.2, 0.25) is 0 Å². The van der Waals surface area contributed by atoms with Crippen LogP contribution in [-0.2, 0) is 9.53 Å². The second-order valence-corrected chi connectivity index (χ2v) is 6.26. The van der Waals surface area contributed by atoms with E-state index in [0.717, 1.165) is 16.9 Å². The lowest BCUT2D eigenvalue weighted by atomic mass is 9.73. The summed E-state index contributed by atoms with van der Waals surface area (Å²) in [5.41, 5.74) is 1.36. The van der Waals surface area contributed by atoms with Gasteiger partial charge in [0.25, 0.3) is 0 Å². The number of esters is 1. The highest BCUT2D eigenvalue weighted by Crippen LogP contribution is 2.44. The summed E-state index contributed by atoms with van der Waals surface area (Å²) >= 11 is 0. The number of hydrogen-bond donors (Lipinski definition) is 0. The van der Waals surface area contributed by atoms with E-state index >= 15 is 0 Å². The second-order valence-electron chi connectivity index (χ2n) is 6.26. The van der Waals surface area contributed by atoms with Crippen LogP contribution >= 0.6 is 0 Å². The van der Waals surface area contributed by atoms with E-state index in [9.17, 15) is 4.79 Å². The van der Waals surface area contributed by atoms with E-state index in [2.05, 4.69) is 0 Å². The molecule has 3 heteroatoms. The number of carbonyl (C=O) groups is 1. The molecule has 3 nitrogen and oxygen atoms in total. The number of rotatable bonds is 3. The number of cyclic esters (lactones) is 1. The van der Waals surface area contributed by atoms with Crippen molar-refractivity contribution in [3.05, 3.63) is 71.8 Å². The summed E-state index contributed by atoms with van der Waals surface area (Å²) in [5.74, 6) is 1.16. The highest BCUT2D eigenvalue weighted by Gasteiger charge is 2.42. The van der Waals surface area contributed by atoms with Crippen LogP contribution in [0.5, 0.6) is 5.75 Å². The van der Waals surface area contributed by atoms with E-state index in [0.29, 0.717) is 5.76 Å². The maximum Gasteiger partial charge on any atom is 0.317 e. The van der Waals surface area contributed by atoms with E-state index in [1.54, 1.807) is 7.11 Å². The fourth-order valence-corrected chi connectivity index (χ4v) is 2.83. The standard InChI is InChI=1S/C20H20O3/c1-20(2)17(14-9-11-16(22-3)12-10-14)13-18(23-19(20)21)15-7-5-4-6-8-15/h4-13,17H,1-3H3. The molecule has 0 saturated carbocycles. The van der Waals surface area contributed by atoms with Crippen LogP contribution in [0.4, 0.5) is 0 Å². The van der Waals surface area contributed by atoms with E-state index in [-0.39, 0.29) is 11.9 Å². The van der Waals surface area contributed by atoms with Crippen LogP contribution in [0.1, 0.15) is 30.9 Å². The summed E-state index contributed by atoms with van der Waals surface area (Å²) in [6, 6.07) is 17.6. The van der Waals surface area contributed by atoms with Gasteiger partial charge in [-0.15, -0.1) is 0 Å². The fourth-order valence-electron chi connectivity index (χ4n) is 2.83. The van der Waals surface area contributed by atoms with Crippen LogP contribution in [0.2, 0.25) is 0 Å². The molecule has 23 heavy (non-hydrogen) atoms. The quantitative estimate of drug-likeness (QED) is 0.788. The molecular weight excluding hydrogens is 288 g/mol. The molecule has 0 N–H and O–H groups in total. The van der Waals surface area contributed by atoms with Crippen molar-refractivity contribution in [3.63, 3.8) is 0 Å². The topological polar surface area (TPSA) is 35.5 Å². The zero-order valence-corrected chi connectivity index (χ0v) is 13.6. The molecule has 0 radical (unpaired) electrons. The first-order chi connectivity index (χ1) is 11.0. The van der Waals surface area contributed by atoms with E-state index in [1.807, 2.05) is 74.5 Å². The Balaban J connectivity index is 2.04. The fraction of sp³-hybridized carbons (Fsp3) is 0.250. The molecule has 0 saturated heterocycles. The van der Waals surface area contributed by atoms with Crippen molar-refractivity contribution in [3.8, 4) is 5.75 Å². The van der Waals surface area contributed by atoms with Crippen molar-refractivity contribution in [2.24, 2.45) is 5.41 Å². The van der Waals surface area contributed by atoms with Crippen molar-refractivity contribution in [2.45, 2.75) is 19.8 Å². The zero-order valence-electron chi connectivity index (χ0n) is 13.6. The molecule has 0 aromatic heterocycles. The Morgan fingerprint density at radius 3 is 2.26 bits per heavy atom. The number of allylic oxidation sites excluding steroid dienone is 1. The molecule has 118 valence electrons. The van der Waals surface area contributed by atoms with Crippen LogP contribution in [-0.4, -0.2) is 13.1 Å². The van der Waals surface area contributed by atoms with Crippen LogP contribution < -0.4 is 4.74 Å². The van der Waals surface area contributed by atoms with Gasteiger partial charge in [0.1, 0.15) is 11.5 Å². The Hall–Kier alpha value is -2.55. The highest BCUT2D eigenvalue weighted by molar-refractivity contribution is 5.87. The second kappa shape index (κ2) is 5.92. The number of ether oxygens (including phenoxy) is 2. The Morgan fingerprint density at radius 2 is 1.65 bits per heavy atom. The average Bonchev–Trinajstić information content (AvgIpc) is 2.58. The molecule has 0 amide bonds. The lowest BCUT2D eigenvalue weighted by Gasteiger charge is -2.35. The lowest BCUT2D eigenvalue weighted by Crippen LogP contribution is -2.35. The van der Waals surface area contributed by atoms with Gasteiger partial charge in [-0.3, -0.25) is 4.79 Å². The molecule has 2 aromatic rings. The summed E-state index contributed by atoms with van der Waals surface area (Å²) < 4.78 is 10.8. The minimum atomic E-state index is -0.618. The van der Waals surface area contributed by atoms with E-state index in [4.69, 9.17) is 9.47 Å².